The minimum absolute atomic E-state index is 0.214. The molecule has 2 aromatic heterocycles. The first-order valence-electron chi connectivity index (χ1n) is 6.04. The van der Waals surface area contributed by atoms with Crippen molar-refractivity contribution in [3.8, 4) is 0 Å². The van der Waals surface area contributed by atoms with Crippen LogP contribution in [0.4, 0.5) is 0 Å². The zero-order chi connectivity index (χ0) is 14.0. The number of fused-ring (bicyclic) bond motifs is 1. The molecule has 0 amide bonds. The first-order chi connectivity index (χ1) is 8.92. The van der Waals surface area contributed by atoms with E-state index in [9.17, 15) is 8.42 Å². The number of nitrogens with zero attached hydrogens (tertiary/aromatic N) is 2. The minimum atomic E-state index is -3.26. The van der Waals surface area contributed by atoms with Gasteiger partial charge in [0.1, 0.15) is 5.65 Å². The van der Waals surface area contributed by atoms with Crippen molar-refractivity contribution in [1.29, 1.82) is 0 Å². The van der Waals surface area contributed by atoms with Crippen LogP contribution in [0.5, 0.6) is 0 Å². The highest BCUT2D eigenvalue weighted by atomic mass is 79.9. The van der Waals surface area contributed by atoms with Crippen molar-refractivity contribution in [2.45, 2.75) is 32.1 Å². The van der Waals surface area contributed by atoms with E-state index >= 15 is 0 Å². The van der Waals surface area contributed by atoms with Gasteiger partial charge in [-0.25, -0.2) is 18.1 Å². The molecule has 104 valence electrons. The van der Waals surface area contributed by atoms with Crippen molar-refractivity contribution in [2.75, 3.05) is 0 Å². The van der Waals surface area contributed by atoms with Crippen molar-refractivity contribution in [3.05, 3.63) is 34.7 Å². The van der Waals surface area contributed by atoms with E-state index in [2.05, 4.69) is 25.6 Å². The summed E-state index contributed by atoms with van der Waals surface area (Å²) in [6.45, 7) is 3.77. The van der Waals surface area contributed by atoms with Crippen LogP contribution in [0.25, 0.3) is 5.65 Å². The van der Waals surface area contributed by atoms with E-state index in [0.717, 1.165) is 10.1 Å². The molecule has 0 aliphatic rings. The predicted molar refractivity (Wildman–Crippen MR) is 78.4 cm³/mol. The molecule has 0 saturated carbocycles. The molecule has 1 unspecified atom stereocenters. The van der Waals surface area contributed by atoms with Gasteiger partial charge in [0, 0.05) is 16.9 Å². The summed E-state index contributed by atoms with van der Waals surface area (Å²) in [5.74, 6) is 0. The third kappa shape index (κ3) is 3.34. The van der Waals surface area contributed by atoms with Gasteiger partial charge in [-0.15, -0.1) is 0 Å². The maximum Gasteiger partial charge on any atom is 0.214 e. The molecule has 0 fully saturated rings. The van der Waals surface area contributed by atoms with Gasteiger partial charge in [-0.1, -0.05) is 6.92 Å². The lowest BCUT2D eigenvalue weighted by Gasteiger charge is -2.10. The number of rotatable bonds is 5. The third-order valence-corrected chi connectivity index (χ3v) is 5.43. The van der Waals surface area contributed by atoms with Crippen molar-refractivity contribution >= 4 is 31.6 Å². The number of aromatic nitrogens is 2. The number of imidazole rings is 1. The normalized spacial score (nSPS) is 13.8. The second-order valence-corrected chi connectivity index (χ2v) is 7.53. The maximum atomic E-state index is 11.9. The fourth-order valence-corrected chi connectivity index (χ4v) is 3.06. The van der Waals surface area contributed by atoms with Gasteiger partial charge in [0.05, 0.1) is 17.5 Å². The summed E-state index contributed by atoms with van der Waals surface area (Å²) < 4.78 is 29.1. The Labute approximate surface area is 121 Å². The summed E-state index contributed by atoms with van der Waals surface area (Å²) in [7, 11) is -3.26. The van der Waals surface area contributed by atoms with Crippen LogP contribution in [0.1, 0.15) is 26.0 Å². The number of hydrogen-bond donors (Lipinski definition) is 1. The van der Waals surface area contributed by atoms with E-state index in [4.69, 9.17) is 0 Å². The van der Waals surface area contributed by atoms with Crippen LogP contribution in [0.3, 0.4) is 0 Å². The average Bonchev–Trinajstić information content (AvgIpc) is 2.77. The molecule has 1 atom stereocenters. The monoisotopic (exact) mass is 345 g/mol. The van der Waals surface area contributed by atoms with E-state index in [1.165, 1.54) is 0 Å². The van der Waals surface area contributed by atoms with E-state index in [-0.39, 0.29) is 6.54 Å². The largest absolute Gasteiger partial charge is 0.306 e. The van der Waals surface area contributed by atoms with E-state index in [1.54, 1.807) is 6.92 Å². The molecular weight excluding hydrogens is 330 g/mol. The molecule has 1 N–H and O–H groups in total. The molecular formula is C12H16BrN3O2S. The number of pyridine rings is 1. The standard InChI is InChI=1S/C12H16BrN3O2S/c1-3-9(2)19(17,18)14-6-11-8-16-7-10(13)4-5-12(16)15-11/h4-5,7-9,14H,3,6H2,1-2H3. The summed E-state index contributed by atoms with van der Waals surface area (Å²) >= 11 is 3.38. The summed E-state index contributed by atoms with van der Waals surface area (Å²) in [4.78, 5) is 4.36. The molecule has 0 aliphatic carbocycles. The highest BCUT2D eigenvalue weighted by Crippen LogP contribution is 2.13. The minimum Gasteiger partial charge on any atom is -0.306 e. The fraction of sp³-hybridized carbons (Fsp3) is 0.417. The van der Waals surface area contributed by atoms with Crippen molar-refractivity contribution < 1.29 is 8.42 Å². The van der Waals surface area contributed by atoms with Crippen LogP contribution in [0, 0.1) is 0 Å². The van der Waals surface area contributed by atoms with Gasteiger partial charge in [-0.3, -0.25) is 0 Å². The van der Waals surface area contributed by atoms with Crippen molar-refractivity contribution in [2.24, 2.45) is 0 Å². The topological polar surface area (TPSA) is 63.5 Å². The number of halogens is 1. The van der Waals surface area contributed by atoms with Crippen LogP contribution in [-0.2, 0) is 16.6 Å². The molecule has 0 spiro atoms. The zero-order valence-corrected chi connectivity index (χ0v) is 13.2. The molecule has 7 heteroatoms. The Hall–Kier alpha value is -0.920. The number of hydrogen-bond acceptors (Lipinski definition) is 3. The second kappa shape index (κ2) is 5.60. The lowest BCUT2D eigenvalue weighted by molar-refractivity contribution is 0.565. The summed E-state index contributed by atoms with van der Waals surface area (Å²) in [5, 5.41) is -0.390. The molecule has 0 radical (unpaired) electrons. The Bertz CT molecular complexity index is 681. The van der Waals surface area contributed by atoms with Gasteiger partial charge in [0.15, 0.2) is 0 Å². The summed E-state index contributed by atoms with van der Waals surface area (Å²) in [5.41, 5.74) is 1.49. The molecule has 0 aromatic carbocycles. The molecule has 2 rings (SSSR count). The molecule has 0 saturated heterocycles. The number of sulfonamides is 1. The van der Waals surface area contributed by atoms with Crippen molar-refractivity contribution in [3.63, 3.8) is 0 Å². The molecule has 0 bridgehead atoms. The Kier molecular flexibility index (Phi) is 4.27. The van der Waals surface area contributed by atoms with Crippen LogP contribution in [0.15, 0.2) is 29.0 Å². The van der Waals surface area contributed by atoms with Gasteiger partial charge in [-0.05, 0) is 41.4 Å². The Morgan fingerprint density at radius 1 is 1.42 bits per heavy atom. The maximum absolute atomic E-state index is 11.9. The molecule has 2 aromatic rings. The van der Waals surface area contributed by atoms with Crippen LogP contribution < -0.4 is 4.72 Å². The van der Waals surface area contributed by atoms with E-state index < -0.39 is 15.3 Å². The predicted octanol–water partition coefficient (Wildman–Crippen LogP) is 2.31. The van der Waals surface area contributed by atoms with E-state index in [0.29, 0.717) is 12.1 Å². The van der Waals surface area contributed by atoms with Gasteiger partial charge < -0.3 is 4.40 Å². The lowest BCUT2D eigenvalue weighted by Crippen LogP contribution is -2.31. The zero-order valence-electron chi connectivity index (χ0n) is 10.8. The summed E-state index contributed by atoms with van der Waals surface area (Å²) in [6.07, 6.45) is 4.29. The highest BCUT2D eigenvalue weighted by molar-refractivity contribution is 9.10. The molecule has 2 heterocycles. The van der Waals surface area contributed by atoms with Crippen LogP contribution in [-0.4, -0.2) is 23.1 Å². The quantitative estimate of drug-likeness (QED) is 0.904. The Balaban J connectivity index is 2.14. The summed E-state index contributed by atoms with van der Waals surface area (Å²) in [6, 6.07) is 3.77. The first-order valence-corrected chi connectivity index (χ1v) is 8.38. The Morgan fingerprint density at radius 3 is 2.84 bits per heavy atom. The molecule has 19 heavy (non-hydrogen) atoms. The van der Waals surface area contributed by atoms with Crippen LogP contribution >= 0.6 is 15.9 Å². The second-order valence-electron chi connectivity index (χ2n) is 4.43. The first kappa shape index (κ1) is 14.5. The van der Waals surface area contributed by atoms with Gasteiger partial charge in [0.2, 0.25) is 10.0 Å². The van der Waals surface area contributed by atoms with Crippen LogP contribution in [0.2, 0.25) is 0 Å². The van der Waals surface area contributed by atoms with Gasteiger partial charge >= 0.3 is 0 Å². The smallest absolute Gasteiger partial charge is 0.214 e. The van der Waals surface area contributed by atoms with Gasteiger partial charge in [-0.2, -0.15) is 0 Å². The van der Waals surface area contributed by atoms with Gasteiger partial charge in [0.25, 0.3) is 0 Å². The molecule has 0 aliphatic heterocycles. The van der Waals surface area contributed by atoms with Crippen molar-refractivity contribution in [1.82, 2.24) is 14.1 Å². The fourth-order valence-electron chi connectivity index (χ4n) is 1.64. The highest BCUT2D eigenvalue weighted by Gasteiger charge is 2.18. The molecule has 5 nitrogen and oxygen atoms in total. The third-order valence-electron chi connectivity index (χ3n) is 3.02. The lowest BCUT2D eigenvalue weighted by atomic mass is 10.4. The number of nitrogens with one attached hydrogen (secondary N) is 1. The SMILES string of the molecule is CCC(C)S(=O)(=O)NCc1cn2cc(Br)ccc2n1. The Morgan fingerprint density at radius 2 is 2.16 bits per heavy atom. The average molecular weight is 346 g/mol. The van der Waals surface area contributed by atoms with E-state index in [1.807, 2.05) is 35.9 Å².